The summed E-state index contributed by atoms with van der Waals surface area (Å²) in [6, 6.07) is 23.9. The minimum Gasteiger partial charge on any atom is -0.302 e. The molecule has 0 saturated heterocycles. The molecule has 0 aliphatic carbocycles. The first-order chi connectivity index (χ1) is 12.3. The van der Waals surface area contributed by atoms with E-state index in [0.29, 0.717) is 11.3 Å². The molecule has 0 bridgehead atoms. The Labute approximate surface area is 148 Å². The standard InChI is InChI=1S/C21H15NO2S/c23-15-18-13-14-21(25(18)24)22(17-9-2-1-3-10-17)20-12-6-8-16-7-4-5-11-19(16)20/h1-15H. The molecular weight excluding hydrogens is 330 g/mol. The van der Waals surface area contributed by atoms with Gasteiger partial charge in [-0.05, 0) is 35.7 Å². The van der Waals surface area contributed by atoms with Crippen molar-refractivity contribution in [2.24, 2.45) is 0 Å². The lowest BCUT2D eigenvalue weighted by molar-refractivity contribution is -0.104. The zero-order chi connectivity index (χ0) is 17.2. The average molecular weight is 345 g/mol. The van der Waals surface area contributed by atoms with Gasteiger partial charge >= 0.3 is 0 Å². The Morgan fingerprint density at radius 1 is 0.800 bits per heavy atom. The van der Waals surface area contributed by atoms with Crippen molar-refractivity contribution in [3.8, 4) is 0 Å². The van der Waals surface area contributed by atoms with Crippen molar-refractivity contribution in [1.82, 2.24) is 0 Å². The van der Waals surface area contributed by atoms with Gasteiger partial charge in [0.1, 0.15) is 15.8 Å². The van der Waals surface area contributed by atoms with Crippen molar-refractivity contribution < 1.29 is 9.00 Å². The molecule has 3 aromatic rings. The molecule has 1 atom stereocenters. The normalized spacial score (nSPS) is 16.4. The predicted molar refractivity (Wildman–Crippen MR) is 103 cm³/mol. The number of rotatable bonds is 4. The molecule has 4 rings (SSSR count). The first-order valence-electron chi connectivity index (χ1n) is 7.91. The highest BCUT2D eigenvalue weighted by atomic mass is 32.2. The molecule has 1 heterocycles. The highest BCUT2D eigenvalue weighted by Gasteiger charge is 2.26. The Balaban J connectivity index is 1.93. The Kier molecular flexibility index (Phi) is 4.04. The lowest BCUT2D eigenvalue weighted by Crippen LogP contribution is -2.19. The SMILES string of the molecule is O=CC1=CC=C(N(c2ccccc2)c2cccc3ccccc23)S1=O. The van der Waals surface area contributed by atoms with Crippen molar-refractivity contribution in [1.29, 1.82) is 0 Å². The maximum absolute atomic E-state index is 12.8. The summed E-state index contributed by atoms with van der Waals surface area (Å²) in [7, 11) is -1.49. The molecule has 0 aromatic heterocycles. The van der Waals surface area contributed by atoms with Gasteiger partial charge in [0, 0.05) is 11.1 Å². The molecule has 25 heavy (non-hydrogen) atoms. The number of para-hydroxylation sites is 1. The van der Waals surface area contributed by atoms with E-state index in [2.05, 4.69) is 12.1 Å². The van der Waals surface area contributed by atoms with E-state index >= 15 is 0 Å². The van der Waals surface area contributed by atoms with Crippen LogP contribution in [0, 0.1) is 0 Å². The third-order valence-electron chi connectivity index (χ3n) is 4.15. The summed E-state index contributed by atoms with van der Waals surface area (Å²) < 4.78 is 12.8. The smallest absolute Gasteiger partial charge is 0.159 e. The summed E-state index contributed by atoms with van der Waals surface area (Å²) in [5, 5.41) is 2.75. The van der Waals surface area contributed by atoms with Gasteiger partial charge in [-0.25, -0.2) is 4.21 Å². The van der Waals surface area contributed by atoms with Gasteiger partial charge in [0.25, 0.3) is 0 Å². The minimum absolute atomic E-state index is 0.288. The molecule has 122 valence electrons. The van der Waals surface area contributed by atoms with Crippen LogP contribution in [-0.2, 0) is 15.6 Å². The summed E-state index contributed by atoms with van der Waals surface area (Å²) in [5.74, 6) is 0. The maximum atomic E-state index is 12.8. The van der Waals surface area contributed by atoms with Crippen LogP contribution in [0.2, 0.25) is 0 Å². The van der Waals surface area contributed by atoms with Gasteiger partial charge in [-0.3, -0.25) is 4.79 Å². The van der Waals surface area contributed by atoms with Gasteiger partial charge < -0.3 is 4.90 Å². The molecule has 3 aromatic carbocycles. The quantitative estimate of drug-likeness (QED) is 0.645. The first-order valence-corrected chi connectivity index (χ1v) is 9.06. The van der Waals surface area contributed by atoms with Crippen LogP contribution in [0.5, 0.6) is 0 Å². The van der Waals surface area contributed by atoms with Crippen molar-refractivity contribution >= 4 is 39.2 Å². The van der Waals surface area contributed by atoms with E-state index in [1.165, 1.54) is 0 Å². The summed E-state index contributed by atoms with van der Waals surface area (Å²) in [6.45, 7) is 0. The average Bonchev–Trinajstić information content (AvgIpc) is 3.04. The number of allylic oxidation sites excluding steroid dienone is 3. The van der Waals surface area contributed by atoms with E-state index in [1.54, 1.807) is 12.2 Å². The van der Waals surface area contributed by atoms with Gasteiger partial charge in [-0.1, -0.05) is 54.6 Å². The fourth-order valence-corrected chi connectivity index (χ4v) is 4.09. The van der Waals surface area contributed by atoms with Crippen LogP contribution in [0.1, 0.15) is 0 Å². The van der Waals surface area contributed by atoms with Crippen molar-refractivity contribution in [2.75, 3.05) is 4.90 Å². The minimum atomic E-state index is -1.49. The van der Waals surface area contributed by atoms with Gasteiger partial charge in [0.2, 0.25) is 0 Å². The Morgan fingerprint density at radius 2 is 1.52 bits per heavy atom. The molecule has 0 amide bonds. The second-order valence-corrected chi connectivity index (χ2v) is 7.06. The van der Waals surface area contributed by atoms with Gasteiger partial charge in [0.15, 0.2) is 6.29 Å². The van der Waals surface area contributed by atoms with Crippen LogP contribution in [0.4, 0.5) is 11.4 Å². The Morgan fingerprint density at radius 3 is 2.28 bits per heavy atom. The van der Waals surface area contributed by atoms with Crippen molar-refractivity contribution in [3.63, 3.8) is 0 Å². The third-order valence-corrected chi connectivity index (χ3v) is 5.51. The van der Waals surface area contributed by atoms with E-state index < -0.39 is 10.8 Å². The number of carbonyl (C=O) groups excluding carboxylic acids is 1. The zero-order valence-electron chi connectivity index (χ0n) is 13.3. The van der Waals surface area contributed by atoms with Gasteiger partial charge in [-0.2, -0.15) is 0 Å². The largest absolute Gasteiger partial charge is 0.302 e. The summed E-state index contributed by atoms with van der Waals surface area (Å²) in [6.07, 6.45) is 4.04. The molecule has 1 aliphatic heterocycles. The number of fused-ring (bicyclic) bond motifs is 1. The third kappa shape index (κ3) is 2.71. The maximum Gasteiger partial charge on any atom is 0.159 e. The highest BCUT2D eigenvalue weighted by molar-refractivity contribution is 7.94. The number of nitrogens with zero attached hydrogens (tertiary/aromatic N) is 1. The number of anilines is 2. The Hall–Kier alpha value is -2.98. The first kappa shape index (κ1) is 15.5. The second-order valence-electron chi connectivity index (χ2n) is 5.63. The molecule has 1 aliphatic rings. The van der Waals surface area contributed by atoms with Crippen LogP contribution in [0.3, 0.4) is 0 Å². The van der Waals surface area contributed by atoms with Crippen LogP contribution >= 0.6 is 0 Å². The number of carbonyl (C=O) groups is 1. The van der Waals surface area contributed by atoms with E-state index in [9.17, 15) is 9.00 Å². The lowest BCUT2D eigenvalue weighted by Gasteiger charge is -2.27. The second kappa shape index (κ2) is 6.49. The number of benzene rings is 3. The molecule has 1 unspecified atom stereocenters. The van der Waals surface area contributed by atoms with Gasteiger partial charge in [-0.15, -0.1) is 0 Å². The monoisotopic (exact) mass is 345 g/mol. The number of hydrogen-bond donors (Lipinski definition) is 0. The molecule has 0 N–H and O–H groups in total. The highest BCUT2D eigenvalue weighted by Crippen LogP contribution is 2.38. The van der Waals surface area contributed by atoms with E-state index in [4.69, 9.17) is 0 Å². The van der Waals surface area contributed by atoms with Crippen LogP contribution in [-0.4, -0.2) is 10.5 Å². The fourth-order valence-electron chi connectivity index (χ4n) is 3.00. The summed E-state index contributed by atoms with van der Waals surface area (Å²) >= 11 is 0. The molecule has 3 nitrogen and oxygen atoms in total. The van der Waals surface area contributed by atoms with Crippen molar-refractivity contribution in [2.45, 2.75) is 0 Å². The van der Waals surface area contributed by atoms with E-state index in [1.807, 2.05) is 65.6 Å². The van der Waals surface area contributed by atoms with Crippen LogP contribution < -0.4 is 4.90 Å². The Bertz CT molecular complexity index is 1030. The fraction of sp³-hybridized carbons (Fsp3) is 0. The van der Waals surface area contributed by atoms with E-state index in [0.717, 1.165) is 22.1 Å². The lowest BCUT2D eigenvalue weighted by atomic mass is 10.1. The molecule has 4 heteroatoms. The summed E-state index contributed by atoms with van der Waals surface area (Å²) in [5.41, 5.74) is 1.84. The zero-order valence-corrected chi connectivity index (χ0v) is 14.1. The number of aldehydes is 1. The molecule has 0 spiro atoms. The topological polar surface area (TPSA) is 37.4 Å². The van der Waals surface area contributed by atoms with Crippen molar-refractivity contribution in [3.05, 3.63) is 94.9 Å². The molecule has 0 fully saturated rings. The number of hydrogen-bond acceptors (Lipinski definition) is 3. The molecule has 0 radical (unpaired) electrons. The van der Waals surface area contributed by atoms with Gasteiger partial charge in [0.05, 0.1) is 10.6 Å². The van der Waals surface area contributed by atoms with Crippen LogP contribution in [0.15, 0.2) is 94.9 Å². The molecule has 0 saturated carbocycles. The van der Waals surface area contributed by atoms with Crippen LogP contribution in [0.25, 0.3) is 10.8 Å². The summed E-state index contributed by atoms with van der Waals surface area (Å²) in [4.78, 5) is 13.4. The molecular formula is C21H15NO2S. The predicted octanol–water partition coefficient (Wildman–Crippen LogP) is 4.66. The van der Waals surface area contributed by atoms with E-state index in [-0.39, 0.29) is 4.91 Å².